The largest absolute Gasteiger partial charge is 0.481 e. The molecule has 3 aromatic carbocycles. The number of nitrogens with one attached hydrogen (secondary N) is 1. The summed E-state index contributed by atoms with van der Waals surface area (Å²) in [5.41, 5.74) is 2.83. The zero-order valence-corrected chi connectivity index (χ0v) is 26.1. The van der Waals surface area contributed by atoms with Crippen molar-refractivity contribution in [3.05, 3.63) is 95.7 Å². The van der Waals surface area contributed by atoms with Gasteiger partial charge in [-0.1, -0.05) is 42.0 Å². The Kier molecular flexibility index (Phi) is 7.38. The molecule has 8 nitrogen and oxygen atoms in total. The Bertz CT molecular complexity index is 2110. The fourth-order valence-electron chi connectivity index (χ4n) is 7.26. The van der Waals surface area contributed by atoms with Gasteiger partial charge in [0.05, 0.1) is 16.5 Å². The minimum Gasteiger partial charge on any atom is -0.481 e. The van der Waals surface area contributed by atoms with Crippen LogP contribution in [0.4, 0.5) is 14.6 Å². The molecule has 0 aliphatic heterocycles. The van der Waals surface area contributed by atoms with Crippen molar-refractivity contribution >= 4 is 32.7 Å². The lowest BCUT2D eigenvalue weighted by molar-refractivity contribution is -0.148. The standard InChI is InChI=1S/C35H32F2N4O4S/c1-19-7-13-24(14-8-19)46(44,45)41-18-27(26-15-23(36)16-28(37)33(26)41)34-38-29(25-6-4-3-5-20(25)2)17-30(40-34)39-32-22-11-9-21(10-12-22)31(32)35(42)43/h3-8,13-18,21-22,31-32H,9-12H2,1-2H3,(H,42,43)(H,38,39,40). The molecule has 0 spiro atoms. The number of anilines is 1. The van der Waals surface area contributed by atoms with E-state index in [1.807, 2.05) is 38.1 Å². The summed E-state index contributed by atoms with van der Waals surface area (Å²) in [6, 6.07) is 16.8. The maximum absolute atomic E-state index is 15.5. The molecule has 0 radical (unpaired) electrons. The van der Waals surface area contributed by atoms with Crippen LogP contribution < -0.4 is 5.32 Å². The normalized spacial score (nSPS) is 21.0. The quantitative estimate of drug-likeness (QED) is 0.193. The number of hydrogen-bond donors (Lipinski definition) is 2. The Labute approximate surface area is 265 Å². The molecular weight excluding hydrogens is 610 g/mol. The van der Waals surface area contributed by atoms with E-state index in [2.05, 4.69) is 5.32 Å². The summed E-state index contributed by atoms with van der Waals surface area (Å²) in [6.45, 7) is 3.75. The first kappa shape index (κ1) is 30.0. The van der Waals surface area contributed by atoms with E-state index < -0.39 is 33.5 Å². The molecule has 0 saturated heterocycles. The summed E-state index contributed by atoms with van der Waals surface area (Å²) in [5, 5.41) is 13.6. The van der Waals surface area contributed by atoms with Gasteiger partial charge in [0.2, 0.25) is 0 Å². The van der Waals surface area contributed by atoms with Gasteiger partial charge < -0.3 is 10.4 Å². The van der Waals surface area contributed by atoms with E-state index in [1.165, 1.54) is 18.3 Å². The molecule has 2 bridgehead atoms. The summed E-state index contributed by atoms with van der Waals surface area (Å²) in [5.74, 6) is -2.76. The van der Waals surface area contributed by atoms with Crippen LogP contribution in [0.15, 0.2) is 77.8 Å². The highest BCUT2D eigenvalue weighted by molar-refractivity contribution is 7.90. The Balaban J connectivity index is 1.43. The molecule has 0 amide bonds. The van der Waals surface area contributed by atoms with Crippen LogP contribution in [-0.2, 0) is 14.8 Å². The van der Waals surface area contributed by atoms with Crippen molar-refractivity contribution in [2.75, 3.05) is 5.32 Å². The molecular formula is C35H32F2N4O4S. The monoisotopic (exact) mass is 642 g/mol. The lowest BCUT2D eigenvalue weighted by atomic mass is 9.61. The molecule has 8 rings (SSSR count). The van der Waals surface area contributed by atoms with E-state index in [1.54, 1.807) is 18.2 Å². The number of halogens is 2. The highest BCUT2D eigenvalue weighted by Crippen LogP contribution is 2.46. The first-order valence-corrected chi connectivity index (χ1v) is 16.7. The number of aryl methyl sites for hydroxylation is 2. The smallest absolute Gasteiger partial charge is 0.308 e. The van der Waals surface area contributed by atoms with Crippen molar-refractivity contribution in [2.24, 2.45) is 17.8 Å². The van der Waals surface area contributed by atoms with Gasteiger partial charge in [-0.25, -0.2) is 31.1 Å². The number of benzene rings is 3. The van der Waals surface area contributed by atoms with Crippen molar-refractivity contribution in [3.8, 4) is 22.6 Å². The average Bonchev–Trinajstić information content (AvgIpc) is 3.42. The molecule has 46 heavy (non-hydrogen) atoms. The van der Waals surface area contributed by atoms with Gasteiger partial charge >= 0.3 is 5.97 Å². The first-order valence-electron chi connectivity index (χ1n) is 15.3. The summed E-state index contributed by atoms with van der Waals surface area (Å²) in [4.78, 5) is 21.9. The third kappa shape index (κ3) is 5.12. The number of fused-ring (bicyclic) bond motifs is 4. The Morgan fingerprint density at radius 2 is 1.61 bits per heavy atom. The van der Waals surface area contributed by atoms with Crippen LogP contribution in [0.2, 0.25) is 0 Å². The van der Waals surface area contributed by atoms with Crippen LogP contribution in [0.3, 0.4) is 0 Å². The Morgan fingerprint density at radius 3 is 2.30 bits per heavy atom. The van der Waals surface area contributed by atoms with Crippen LogP contribution >= 0.6 is 0 Å². The molecule has 3 aliphatic rings. The fraction of sp³-hybridized carbons (Fsp3) is 0.286. The predicted molar refractivity (Wildman–Crippen MR) is 171 cm³/mol. The van der Waals surface area contributed by atoms with E-state index in [4.69, 9.17) is 9.97 Å². The van der Waals surface area contributed by atoms with Crippen molar-refractivity contribution in [2.45, 2.75) is 50.5 Å². The highest BCUT2D eigenvalue weighted by Gasteiger charge is 2.47. The second-order valence-electron chi connectivity index (χ2n) is 12.4. The number of carboxylic acid groups (broad SMARTS) is 1. The maximum atomic E-state index is 15.5. The van der Waals surface area contributed by atoms with E-state index >= 15 is 4.39 Å². The van der Waals surface area contributed by atoms with E-state index in [-0.39, 0.29) is 45.1 Å². The van der Waals surface area contributed by atoms with Crippen LogP contribution in [0.25, 0.3) is 33.5 Å². The Hall–Kier alpha value is -4.64. The van der Waals surface area contributed by atoms with Gasteiger partial charge in [-0.15, -0.1) is 0 Å². The number of aliphatic carboxylic acids is 1. The number of aromatic nitrogens is 3. The van der Waals surface area contributed by atoms with Crippen LogP contribution in [0, 0.1) is 43.2 Å². The third-order valence-electron chi connectivity index (χ3n) is 9.57. The molecule has 3 fully saturated rings. The van der Waals surface area contributed by atoms with Crippen molar-refractivity contribution in [1.29, 1.82) is 0 Å². The highest BCUT2D eigenvalue weighted by atomic mass is 32.2. The van der Waals surface area contributed by atoms with Crippen molar-refractivity contribution in [1.82, 2.24) is 13.9 Å². The van der Waals surface area contributed by atoms with Gasteiger partial charge in [-0.2, -0.15) is 0 Å². The average molecular weight is 643 g/mol. The lowest BCUT2D eigenvalue weighted by Gasteiger charge is -2.47. The van der Waals surface area contributed by atoms with Crippen molar-refractivity contribution in [3.63, 3.8) is 0 Å². The number of carboxylic acids is 1. The molecule has 11 heteroatoms. The number of rotatable bonds is 7. The van der Waals surface area contributed by atoms with E-state index in [9.17, 15) is 22.7 Å². The van der Waals surface area contributed by atoms with E-state index in [0.717, 1.165) is 52.4 Å². The molecule has 5 aromatic rings. The zero-order valence-electron chi connectivity index (χ0n) is 25.2. The van der Waals surface area contributed by atoms with E-state index in [0.29, 0.717) is 17.6 Å². The molecule has 2 heterocycles. The minimum absolute atomic E-state index is 0.0128. The first-order chi connectivity index (χ1) is 22.0. The molecule has 3 aliphatic carbocycles. The third-order valence-corrected chi connectivity index (χ3v) is 11.2. The van der Waals surface area contributed by atoms with Gasteiger partial charge in [0.15, 0.2) is 11.6 Å². The van der Waals surface area contributed by atoms with Crippen LogP contribution in [0.1, 0.15) is 36.8 Å². The zero-order chi connectivity index (χ0) is 32.3. The lowest BCUT2D eigenvalue weighted by Crippen LogP contribution is -2.51. The van der Waals surface area contributed by atoms with Crippen LogP contribution in [0.5, 0.6) is 0 Å². The minimum atomic E-state index is -4.31. The van der Waals surface area contributed by atoms with Crippen LogP contribution in [-0.4, -0.2) is 39.5 Å². The summed E-state index contributed by atoms with van der Waals surface area (Å²) < 4.78 is 58.8. The van der Waals surface area contributed by atoms with Gasteiger partial charge in [0.25, 0.3) is 10.0 Å². The second kappa shape index (κ2) is 11.3. The molecule has 3 saturated carbocycles. The van der Waals surface area contributed by atoms with Gasteiger partial charge in [-0.3, -0.25) is 4.79 Å². The Morgan fingerprint density at radius 1 is 0.913 bits per heavy atom. The summed E-state index contributed by atoms with van der Waals surface area (Å²) in [6.07, 6.45) is 4.80. The second-order valence-corrected chi connectivity index (χ2v) is 14.2. The summed E-state index contributed by atoms with van der Waals surface area (Å²) >= 11 is 0. The number of nitrogens with zero attached hydrogens (tertiary/aromatic N) is 3. The SMILES string of the molecule is Cc1ccc(S(=O)(=O)n2cc(-c3nc(NC4C5CCC(CC5)C4C(=O)O)cc(-c4ccccc4C)n3)c3cc(F)cc(F)c32)cc1. The van der Waals surface area contributed by atoms with Crippen molar-refractivity contribution < 1.29 is 27.1 Å². The molecule has 2 aromatic heterocycles. The van der Waals surface area contributed by atoms with Gasteiger partial charge in [0, 0.05) is 40.9 Å². The predicted octanol–water partition coefficient (Wildman–Crippen LogP) is 7.20. The number of hydrogen-bond acceptors (Lipinski definition) is 6. The summed E-state index contributed by atoms with van der Waals surface area (Å²) in [7, 11) is -4.31. The molecule has 2 atom stereocenters. The number of carbonyl (C=O) groups is 1. The fourth-order valence-corrected chi connectivity index (χ4v) is 8.64. The molecule has 236 valence electrons. The molecule has 2 unspecified atom stereocenters. The van der Waals surface area contributed by atoms with Gasteiger partial charge in [-0.05, 0) is 75.1 Å². The topological polar surface area (TPSA) is 114 Å². The molecule has 2 N–H and O–H groups in total. The van der Waals surface area contributed by atoms with Gasteiger partial charge in [0.1, 0.15) is 17.2 Å². The maximum Gasteiger partial charge on any atom is 0.308 e.